The summed E-state index contributed by atoms with van der Waals surface area (Å²) < 4.78 is 1.68. The molecule has 0 aromatic carbocycles. The number of thiophene rings is 1. The molecule has 86 valence electrons. The minimum Gasteiger partial charge on any atom is -0.396 e. The molecule has 0 aliphatic carbocycles. The summed E-state index contributed by atoms with van der Waals surface area (Å²) in [6.07, 6.45) is 1.81. The Morgan fingerprint density at radius 1 is 1.35 bits per heavy atom. The van der Waals surface area contributed by atoms with E-state index in [0.29, 0.717) is 11.6 Å². The molecule has 17 heavy (non-hydrogen) atoms. The largest absolute Gasteiger partial charge is 0.396 e. The maximum Gasteiger partial charge on any atom is 0.252 e. The van der Waals surface area contributed by atoms with E-state index in [4.69, 9.17) is 5.73 Å². The molecule has 0 fully saturated rings. The highest BCUT2D eigenvalue weighted by Gasteiger charge is 2.12. The second-order valence-electron chi connectivity index (χ2n) is 3.85. The number of hydrogen-bond acceptors (Lipinski definition) is 5. The molecule has 2 N–H and O–H groups in total. The van der Waals surface area contributed by atoms with Crippen molar-refractivity contribution in [2.45, 2.75) is 13.8 Å². The van der Waals surface area contributed by atoms with E-state index in [9.17, 15) is 0 Å². The number of hydrogen-bond donors (Lipinski definition) is 1. The van der Waals surface area contributed by atoms with Crippen molar-refractivity contribution in [2.75, 3.05) is 5.73 Å². The summed E-state index contributed by atoms with van der Waals surface area (Å²) in [6, 6.07) is 2.00. The van der Waals surface area contributed by atoms with Crippen molar-refractivity contribution in [3.05, 3.63) is 29.0 Å². The van der Waals surface area contributed by atoms with E-state index in [1.54, 1.807) is 22.2 Å². The van der Waals surface area contributed by atoms with Gasteiger partial charge in [-0.25, -0.2) is 9.67 Å². The van der Waals surface area contributed by atoms with Crippen LogP contribution in [0.5, 0.6) is 0 Å². The van der Waals surface area contributed by atoms with Crippen LogP contribution < -0.4 is 5.73 Å². The highest BCUT2D eigenvalue weighted by molar-refractivity contribution is 7.16. The highest BCUT2D eigenvalue weighted by atomic mass is 32.1. The molecule has 0 aliphatic rings. The lowest BCUT2D eigenvalue weighted by molar-refractivity contribution is 0.781. The lowest BCUT2D eigenvalue weighted by Gasteiger charge is -2.01. The minimum atomic E-state index is 0.567. The van der Waals surface area contributed by atoms with Crippen LogP contribution in [0.2, 0.25) is 0 Å². The molecule has 0 saturated heterocycles. The Hall–Kier alpha value is -1.95. The Labute approximate surface area is 102 Å². The minimum absolute atomic E-state index is 0.567. The molecule has 0 bridgehead atoms. The summed E-state index contributed by atoms with van der Waals surface area (Å²) in [4.78, 5) is 9.74. The van der Waals surface area contributed by atoms with Gasteiger partial charge >= 0.3 is 0 Å². The first kappa shape index (κ1) is 10.2. The quantitative estimate of drug-likeness (QED) is 0.712. The van der Waals surface area contributed by atoms with Gasteiger partial charge in [-0.15, -0.1) is 11.3 Å². The van der Waals surface area contributed by atoms with E-state index >= 15 is 0 Å². The van der Waals surface area contributed by atoms with Crippen LogP contribution in [0.3, 0.4) is 0 Å². The van der Waals surface area contributed by atoms with Gasteiger partial charge in [0.25, 0.3) is 5.95 Å². The fourth-order valence-electron chi connectivity index (χ4n) is 1.70. The summed E-state index contributed by atoms with van der Waals surface area (Å²) in [5.41, 5.74) is 8.27. The maximum atomic E-state index is 5.90. The molecule has 3 heterocycles. The molecule has 0 spiro atoms. The third-order valence-corrected chi connectivity index (χ3v) is 3.55. The Balaban J connectivity index is 2.22. The monoisotopic (exact) mass is 245 g/mol. The van der Waals surface area contributed by atoms with E-state index in [1.807, 2.05) is 25.3 Å². The molecule has 3 aromatic heterocycles. The van der Waals surface area contributed by atoms with Crippen LogP contribution >= 0.6 is 11.3 Å². The topological polar surface area (TPSA) is 69.6 Å². The van der Waals surface area contributed by atoms with Gasteiger partial charge < -0.3 is 5.73 Å². The summed E-state index contributed by atoms with van der Waals surface area (Å²) >= 11 is 1.59. The van der Waals surface area contributed by atoms with Crippen molar-refractivity contribution in [3.63, 3.8) is 0 Å². The zero-order chi connectivity index (χ0) is 12.0. The summed E-state index contributed by atoms with van der Waals surface area (Å²) in [5.74, 6) is 0.567. The van der Waals surface area contributed by atoms with E-state index < -0.39 is 0 Å². The number of anilines is 1. The Bertz CT molecular complexity index is 697. The van der Waals surface area contributed by atoms with Crippen molar-refractivity contribution in [3.8, 4) is 5.95 Å². The predicted molar refractivity (Wildman–Crippen MR) is 68.4 cm³/mol. The van der Waals surface area contributed by atoms with Crippen molar-refractivity contribution >= 4 is 27.2 Å². The van der Waals surface area contributed by atoms with Gasteiger partial charge in [0.15, 0.2) is 0 Å². The van der Waals surface area contributed by atoms with Crippen LogP contribution in [-0.4, -0.2) is 19.7 Å². The average Bonchev–Trinajstić information content (AvgIpc) is 2.89. The maximum absolute atomic E-state index is 5.90. The van der Waals surface area contributed by atoms with Crippen LogP contribution in [0, 0.1) is 13.8 Å². The Morgan fingerprint density at radius 2 is 2.18 bits per heavy atom. The van der Waals surface area contributed by atoms with Gasteiger partial charge in [0.05, 0.1) is 17.1 Å². The molecule has 0 amide bonds. The third-order valence-electron chi connectivity index (χ3n) is 2.73. The van der Waals surface area contributed by atoms with Gasteiger partial charge in [-0.2, -0.15) is 10.1 Å². The van der Waals surface area contributed by atoms with Gasteiger partial charge in [-0.3, -0.25) is 0 Å². The number of aromatic nitrogens is 4. The normalized spacial score (nSPS) is 11.2. The Morgan fingerprint density at radius 3 is 2.88 bits per heavy atom. The highest BCUT2D eigenvalue weighted by Crippen LogP contribution is 2.21. The lowest BCUT2D eigenvalue weighted by Crippen LogP contribution is -2.04. The van der Waals surface area contributed by atoms with Crippen LogP contribution in [0.1, 0.15) is 11.4 Å². The molecule has 0 radical (unpaired) electrons. The van der Waals surface area contributed by atoms with Gasteiger partial charge in [-0.1, -0.05) is 0 Å². The Kier molecular flexibility index (Phi) is 2.12. The fraction of sp³-hybridized carbons (Fsp3) is 0.182. The van der Waals surface area contributed by atoms with Crippen molar-refractivity contribution < 1.29 is 0 Å². The van der Waals surface area contributed by atoms with Gasteiger partial charge in [-0.05, 0) is 25.3 Å². The van der Waals surface area contributed by atoms with E-state index in [2.05, 4.69) is 15.1 Å². The third kappa shape index (κ3) is 1.49. The first-order chi connectivity index (χ1) is 8.16. The summed E-state index contributed by atoms with van der Waals surface area (Å²) in [6.45, 7) is 3.79. The predicted octanol–water partition coefficient (Wildman–Crippen LogP) is 2.08. The molecule has 3 rings (SSSR count). The number of fused-ring (bicyclic) bond motifs is 1. The number of nitrogens with zero attached hydrogens (tertiary/aromatic N) is 4. The molecular formula is C11H11N5S. The molecular weight excluding hydrogens is 234 g/mol. The number of rotatable bonds is 1. The molecule has 0 saturated carbocycles. The fourth-order valence-corrected chi connectivity index (χ4v) is 2.43. The van der Waals surface area contributed by atoms with Crippen molar-refractivity contribution in [2.24, 2.45) is 0 Å². The van der Waals surface area contributed by atoms with Crippen LogP contribution in [0.25, 0.3) is 16.2 Å². The number of nitrogens with two attached hydrogens (primary N) is 1. The van der Waals surface area contributed by atoms with Gasteiger partial charge in [0.2, 0.25) is 0 Å². The molecule has 0 aliphatic heterocycles. The zero-order valence-corrected chi connectivity index (χ0v) is 10.3. The zero-order valence-electron chi connectivity index (χ0n) is 9.51. The lowest BCUT2D eigenvalue weighted by atomic mass is 10.3. The van der Waals surface area contributed by atoms with Crippen molar-refractivity contribution in [1.29, 1.82) is 0 Å². The smallest absolute Gasteiger partial charge is 0.252 e. The molecule has 6 heteroatoms. The van der Waals surface area contributed by atoms with Crippen LogP contribution in [-0.2, 0) is 0 Å². The summed E-state index contributed by atoms with van der Waals surface area (Å²) in [7, 11) is 0. The first-order valence-corrected chi connectivity index (χ1v) is 6.07. The van der Waals surface area contributed by atoms with Crippen LogP contribution in [0.4, 0.5) is 5.69 Å². The van der Waals surface area contributed by atoms with E-state index in [-0.39, 0.29) is 0 Å². The number of nitrogen functional groups attached to an aromatic ring is 1. The van der Waals surface area contributed by atoms with Crippen molar-refractivity contribution in [1.82, 2.24) is 19.7 Å². The van der Waals surface area contributed by atoms with Crippen LogP contribution in [0.15, 0.2) is 17.6 Å². The SMILES string of the molecule is Cc1nn(-c2ncc3ccsc3n2)c(C)c1N. The molecule has 0 atom stereocenters. The van der Waals surface area contributed by atoms with E-state index in [0.717, 1.165) is 21.6 Å². The molecule has 3 aromatic rings. The van der Waals surface area contributed by atoms with E-state index in [1.165, 1.54) is 0 Å². The molecule has 0 unspecified atom stereocenters. The number of aryl methyl sites for hydroxylation is 1. The summed E-state index contributed by atoms with van der Waals surface area (Å²) in [5, 5.41) is 7.39. The second kappa shape index (κ2) is 3.53. The van der Waals surface area contributed by atoms with Gasteiger partial charge in [0, 0.05) is 11.6 Å². The standard InChI is InChI=1S/C11H11N5S/c1-6-9(12)7(2)16(15-6)11-13-5-8-3-4-17-10(8)14-11/h3-5H,12H2,1-2H3. The first-order valence-electron chi connectivity index (χ1n) is 5.19. The van der Waals surface area contributed by atoms with Gasteiger partial charge in [0.1, 0.15) is 4.83 Å². The molecule has 5 nitrogen and oxygen atoms in total. The average molecular weight is 245 g/mol. The second-order valence-corrected chi connectivity index (χ2v) is 4.74.